The van der Waals surface area contributed by atoms with E-state index in [1.807, 2.05) is 20.8 Å². The Labute approximate surface area is 94.4 Å². The Morgan fingerprint density at radius 1 is 1.47 bits per heavy atom. The number of carbonyl (C=O) groups excluding carboxylic acids is 1. The van der Waals surface area contributed by atoms with Gasteiger partial charge >= 0.3 is 5.97 Å². The standard InChI is InChI=1S/C11H14ClNO2/c1-11(2,3)9-5-8(12)7(6-13-9)10(14)15-4/h5-6H,1-4H3. The first kappa shape index (κ1) is 12.0. The van der Waals surface area contributed by atoms with Gasteiger partial charge in [-0.15, -0.1) is 0 Å². The second-order valence-corrected chi connectivity index (χ2v) is 4.70. The largest absolute Gasteiger partial charge is 0.465 e. The Morgan fingerprint density at radius 3 is 2.47 bits per heavy atom. The molecule has 15 heavy (non-hydrogen) atoms. The summed E-state index contributed by atoms with van der Waals surface area (Å²) in [6.45, 7) is 6.09. The van der Waals surface area contributed by atoms with Crippen molar-refractivity contribution in [2.75, 3.05) is 7.11 Å². The van der Waals surface area contributed by atoms with E-state index in [0.29, 0.717) is 10.6 Å². The van der Waals surface area contributed by atoms with Gasteiger partial charge in [0.15, 0.2) is 0 Å². The van der Waals surface area contributed by atoms with Crippen LogP contribution in [0.1, 0.15) is 36.8 Å². The first-order valence-corrected chi connectivity index (χ1v) is 4.98. The van der Waals surface area contributed by atoms with Gasteiger partial charge in [0.1, 0.15) is 0 Å². The van der Waals surface area contributed by atoms with Crippen molar-refractivity contribution in [3.63, 3.8) is 0 Å². The van der Waals surface area contributed by atoms with Crippen molar-refractivity contribution in [3.8, 4) is 0 Å². The van der Waals surface area contributed by atoms with E-state index < -0.39 is 5.97 Å². The topological polar surface area (TPSA) is 39.2 Å². The molecular formula is C11H14ClNO2. The lowest BCUT2D eigenvalue weighted by atomic mass is 9.91. The smallest absolute Gasteiger partial charge is 0.340 e. The molecule has 0 aliphatic rings. The highest BCUT2D eigenvalue weighted by Gasteiger charge is 2.19. The molecule has 0 bridgehead atoms. The highest BCUT2D eigenvalue weighted by molar-refractivity contribution is 6.33. The van der Waals surface area contributed by atoms with Gasteiger partial charge in [0.2, 0.25) is 0 Å². The van der Waals surface area contributed by atoms with Crippen molar-refractivity contribution in [2.45, 2.75) is 26.2 Å². The Kier molecular flexibility index (Phi) is 3.35. The molecule has 0 saturated heterocycles. The summed E-state index contributed by atoms with van der Waals surface area (Å²) in [5, 5.41) is 0.377. The van der Waals surface area contributed by atoms with Gasteiger partial charge in [-0.25, -0.2) is 4.79 Å². The van der Waals surface area contributed by atoms with Crippen LogP contribution in [0.25, 0.3) is 0 Å². The molecule has 0 radical (unpaired) electrons. The zero-order chi connectivity index (χ0) is 11.6. The predicted octanol–water partition coefficient (Wildman–Crippen LogP) is 2.82. The average molecular weight is 228 g/mol. The van der Waals surface area contributed by atoms with E-state index in [1.54, 1.807) is 6.07 Å². The van der Waals surface area contributed by atoms with Crippen LogP contribution in [0.5, 0.6) is 0 Å². The fourth-order valence-electron chi connectivity index (χ4n) is 1.10. The van der Waals surface area contributed by atoms with Crippen molar-refractivity contribution < 1.29 is 9.53 Å². The summed E-state index contributed by atoms with van der Waals surface area (Å²) in [5.74, 6) is -0.465. The van der Waals surface area contributed by atoms with Crippen molar-refractivity contribution in [3.05, 3.63) is 28.5 Å². The van der Waals surface area contributed by atoms with Gasteiger partial charge in [0.25, 0.3) is 0 Å². The molecule has 1 rings (SSSR count). The third-order valence-electron chi connectivity index (χ3n) is 2.03. The predicted molar refractivity (Wildman–Crippen MR) is 59.3 cm³/mol. The first-order valence-electron chi connectivity index (χ1n) is 4.60. The van der Waals surface area contributed by atoms with Gasteiger partial charge in [0, 0.05) is 17.3 Å². The van der Waals surface area contributed by atoms with Crippen LogP contribution in [-0.2, 0) is 10.2 Å². The van der Waals surface area contributed by atoms with E-state index in [9.17, 15) is 4.79 Å². The van der Waals surface area contributed by atoms with Crippen molar-refractivity contribution in [1.82, 2.24) is 4.98 Å². The van der Waals surface area contributed by atoms with Crippen LogP contribution < -0.4 is 0 Å². The highest BCUT2D eigenvalue weighted by atomic mass is 35.5. The fourth-order valence-corrected chi connectivity index (χ4v) is 1.33. The molecule has 0 N–H and O–H groups in total. The number of pyridine rings is 1. The number of ether oxygens (including phenoxy) is 1. The summed E-state index contributed by atoms with van der Waals surface area (Å²) in [7, 11) is 1.32. The van der Waals surface area contributed by atoms with Gasteiger partial charge in [0.05, 0.1) is 17.7 Å². The lowest BCUT2D eigenvalue weighted by Gasteiger charge is -2.18. The van der Waals surface area contributed by atoms with E-state index in [1.165, 1.54) is 13.3 Å². The van der Waals surface area contributed by atoms with Gasteiger partial charge in [-0.1, -0.05) is 32.4 Å². The van der Waals surface area contributed by atoms with Crippen LogP contribution in [0.15, 0.2) is 12.3 Å². The summed E-state index contributed by atoms with van der Waals surface area (Å²) in [6.07, 6.45) is 1.45. The molecule has 0 atom stereocenters. The number of nitrogens with zero attached hydrogens (tertiary/aromatic N) is 1. The molecular weight excluding hydrogens is 214 g/mol. The lowest BCUT2D eigenvalue weighted by molar-refractivity contribution is 0.0600. The number of esters is 1. The molecule has 3 nitrogen and oxygen atoms in total. The molecule has 0 saturated carbocycles. The number of aromatic nitrogens is 1. The minimum absolute atomic E-state index is 0.0850. The molecule has 1 aromatic heterocycles. The SMILES string of the molecule is COC(=O)c1cnc(C(C)(C)C)cc1Cl. The van der Waals surface area contributed by atoms with Crippen LogP contribution in [0.2, 0.25) is 5.02 Å². The summed E-state index contributed by atoms with van der Waals surface area (Å²) in [4.78, 5) is 15.4. The van der Waals surface area contributed by atoms with E-state index in [2.05, 4.69) is 9.72 Å². The molecule has 4 heteroatoms. The number of hydrogen-bond acceptors (Lipinski definition) is 3. The maximum atomic E-state index is 11.2. The van der Waals surface area contributed by atoms with Crippen molar-refractivity contribution >= 4 is 17.6 Å². The number of rotatable bonds is 1. The quantitative estimate of drug-likeness (QED) is 0.693. The van der Waals surface area contributed by atoms with E-state index in [-0.39, 0.29) is 5.41 Å². The lowest BCUT2D eigenvalue weighted by Crippen LogP contribution is -2.14. The van der Waals surface area contributed by atoms with E-state index >= 15 is 0 Å². The summed E-state index contributed by atoms with van der Waals surface area (Å²) in [5.41, 5.74) is 1.06. The minimum Gasteiger partial charge on any atom is -0.465 e. The molecule has 1 aromatic rings. The average Bonchev–Trinajstić information content (AvgIpc) is 2.15. The maximum absolute atomic E-state index is 11.2. The normalized spacial score (nSPS) is 11.3. The van der Waals surface area contributed by atoms with E-state index in [4.69, 9.17) is 11.6 Å². The number of carbonyl (C=O) groups is 1. The monoisotopic (exact) mass is 227 g/mol. The molecule has 0 aromatic carbocycles. The summed E-state index contributed by atoms with van der Waals surface area (Å²) < 4.78 is 4.58. The number of hydrogen-bond donors (Lipinski definition) is 0. The fraction of sp³-hybridized carbons (Fsp3) is 0.455. The van der Waals surface area contributed by atoms with Gasteiger partial charge in [-0.2, -0.15) is 0 Å². The maximum Gasteiger partial charge on any atom is 0.340 e. The van der Waals surface area contributed by atoms with Crippen LogP contribution in [0, 0.1) is 0 Å². The van der Waals surface area contributed by atoms with Gasteiger partial charge < -0.3 is 4.74 Å². The Balaban J connectivity index is 3.15. The van der Waals surface area contributed by atoms with Crippen LogP contribution in [0.4, 0.5) is 0 Å². The molecule has 0 unspecified atom stereocenters. The summed E-state index contributed by atoms with van der Waals surface area (Å²) in [6, 6.07) is 1.70. The third-order valence-corrected chi connectivity index (χ3v) is 2.34. The zero-order valence-corrected chi connectivity index (χ0v) is 10.1. The highest BCUT2D eigenvalue weighted by Crippen LogP contribution is 2.25. The van der Waals surface area contributed by atoms with Crippen molar-refractivity contribution in [2.24, 2.45) is 0 Å². The van der Waals surface area contributed by atoms with E-state index in [0.717, 1.165) is 5.69 Å². The third kappa shape index (κ3) is 2.69. The zero-order valence-electron chi connectivity index (χ0n) is 9.30. The first-order chi connectivity index (χ1) is 6.86. The molecule has 0 fully saturated rings. The molecule has 82 valence electrons. The number of methoxy groups -OCH3 is 1. The molecule has 0 spiro atoms. The minimum atomic E-state index is -0.465. The van der Waals surface area contributed by atoms with Crippen LogP contribution >= 0.6 is 11.6 Å². The summed E-state index contributed by atoms with van der Waals surface area (Å²) >= 11 is 5.97. The van der Waals surface area contributed by atoms with Crippen molar-refractivity contribution in [1.29, 1.82) is 0 Å². The molecule has 0 aliphatic heterocycles. The molecule has 1 heterocycles. The molecule has 0 amide bonds. The van der Waals surface area contributed by atoms with Crippen LogP contribution in [-0.4, -0.2) is 18.1 Å². The Bertz CT molecular complexity index is 383. The molecule has 0 aliphatic carbocycles. The van der Waals surface area contributed by atoms with Crippen LogP contribution in [0.3, 0.4) is 0 Å². The Hall–Kier alpha value is -1.09. The van der Waals surface area contributed by atoms with Gasteiger partial charge in [-0.05, 0) is 6.07 Å². The number of halogens is 1. The second kappa shape index (κ2) is 4.19. The van der Waals surface area contributed by atoms with Gasteiger partial charge in [-0.3, -0.25) is 4.98 Å². The Morgan fingerprint density at radius 2 is 2.07 bits per heavy atom. The second-order valence-electron chi connectivity index (χ2n) is 4.29.